The van der Waals surface area contributed by atoms with Gasteiger partial charge in [-0.25, -0.2) is 0 Å². The zero-order valence-electron chi connectivity index (χ0n) is 10.7. The monoisotopic (exact) mass is 214 g/mol. The third-order valence-corrected chi connectivity index (χ3v) is 2.66. The second kappa shape index (κ2) is 8.75. The Morgan fingerprint density at radius 1 is 1.13 bits per heavy atom. The van der Waals surface area contributed by atoms with Crippen LogP contribution in [0.5, 0.6) is 0 Å². The minimum atomic E-state index is -0.0656. The lowest BCUT2D eigenvalue weighted by Crippen LogP contribution is -2.23. The minimum Gasteiger partial charge on any atom is -0.462 e. The SMILES string of the molecule is CCCCCCC(OC(=O)CC)C(C)C. The molecule has 0 fully saturated rings. The van der Waals surface area contributed by atoms with Crippen molar-refractivity contribution in [1.29, 1.82) is 0 Å². The van der Waals surface area contributed by atoms with E-state index in [1.807, 2.05) is 6.92 Å². The second-order valence-electron chi connectivity index (χ2n) is 4.48. The van der Waals surface area contributed by atoms with Gasteiger partial charge in [0.1, 0.15) is 6.10 Å². The molecular formula is C13H26O2. The highest BCUT2D eigenvalue weighted by Crippen LogP contribution is 2.16. The predicted molar refractivity (Wildman–Crippen MR) is 63.8 cm³/mol. The van der Waals surface area contributed by atoms with Gasteiger partial charge in [0.25, 0.3) is 0 Å². The van der Waals surface area contributed by atoms with Crippen molar-refractivity contribution in [2.75, 3.05) is 0 Å². The molecule has 0 aromatic rings. The molecule has 2 heteroatoms. The average molecular weight is 214 g/mol. The summed E-state index contributed by atoms with van der Waals surface area (Å²) in [6.45, 7) is 8.29. The topological polar surface area (TPSA) is 26.3 Å². The predicted octanol–water partition coefficient (Wildman–Crippen LogP) is 3.93. The van der Waals surface area contributed by atoms with E-state index in [4.69, 9.17) is 4.74 Å². The summed E-state index contributed by atoms with van der Waals surface area (Å²) in [6, 6.07) is 0. The van der Waals surface area contributed by atoms with Gasteiger partial charge in [0.2, 0.25) is 0 Å². The van der Waals surface area contributed by atoms with Gasteiger partial charge in [0.15, 0.2) is 0 Å². The number of ether oxygens (including phenoxy) is 1. The first kappa shape index (κ1) is 14.5. The van der Waals surface area contributed by atoms with E-state index in [9.17, 15) is 4.79 Å². The van der Waals surface area contributed by atoms with Crippen molar-refractivity contribution in [2.24, 2.45) is 5.92 Å². The van der Waals surface area contributed by atoms with Crippen LogP contribution in [0.2, 0.25) is 0 Å². The summed E-state index contributed by atoms with van der Waals surface area (Å²) in [5.74, 6) is 0.367. The van der Waals surface area contributed by atoms with E-state index < -0.39 is 0 Å². The Morgan fingerprint density at radius 2 is 1.80 bits per heavy atom. The van der Waals surface area contributed by atoms with Crippen LogP contribution in [0.3, 0.4) is 0 Å². The molecule has 0 saturated heterocycles. The Bertz CT molecular complexity index is 164. The molecule has 0 saturated carbocycles. The van der Waals surface area contributed by atoms with Crippen molar-refractivity contribution in [3.8, 4) is 0 Å². The van der Waals surface area contributed by atoms with Gasteiger partial charge in [-0.1, -0.05) is 47.0 Å². The fraction of sp³-hybridized carbons (Fsp3) is 0.923. The molecule has 0 N–H and O–H groups in total. The van der Waals surface area contributed by atoms with Gasteiger partial charge < -0.3 is 4.74 Å². The fourth-order valence-electron chi connectivity index (χ4n) is 1.55. The lowest BCUT2D eigenvalue weighted by Gasteiger charge is -2.21. The van der Waals surface area contributed by atoms with E-state index in [2.05, 4.69) is 20.8 Å². The fourth-order valence-corrected chi connectivity index (χ4v) is 1.55. The second-order valence-corrected chi connectivity index (χ2v) is 4.48. The van der Waals surface area contributed by atoms with E-state index in [-0.39, 0.29) is 12.1 Å². The molecule has 0 aliphatic carbocycles. The van der Waals surface area contributed by atoms with Crippen LogP contribution in [0.4, 0.5) is 0 Å². The quantitative estimate of drug-likeness (QED) is 0.452. The van der Waals surface area contributed by atoms with Gasteiger partial charge in [0.05, 0.1) is 0 Å². The molecule has 90 valence electrons. The highest BCUT2D eigenvalue weighted by atomic mass is 16.5. The molecule has 0 aliphatic rings. The van der Waals surface area contributed by atoms with Crippen molar-refractivity contribution in [3.63, 3.8) is 0 Å². The standard InChI is InChI=1S/C13H26O2/c1-5-7-8-9-10-12(11(3)4)15-13(14)6-2/h11-12H,5-10H2,1-4H3. The number of rotatable bonds is 8. The molecule has 2 nitrogen and oxygen atoms in total. The van der Waals surface area contributed by atoms with E-state index in [1.54, 1.807) is 0 Å². The number of esters is 1. The summed E-state index contributed by atoms with van der Waals surface area (Å²) in [6.07, 6.45) is 6.58. The highest BCUT2D eigenvalue weighted by molar-refractivity contribution is 5.69. The lowest BCUT2D eigenvalue weighted by molar-refractivity contribution is -0.151. The first-order chi connectivity index (χ1) is 7.11. The number of hydrogen-bond acceptors (Lipinski definition) is 2. The molecule has 0 heterocycles. The molecule has 1 atom stereocenters. The molecule has 15 heavy (non-hydrogen) atoms. The maximum Gasteiger partial charge on any atom is 0.305 e. The van der Waals surface area contributed by atoms with Crippen LogP contribution < -0.4 is 0 Å². The first-order valence-corrected chi connectivity index (χ1v) is 6.31. The first-order valence-electron chi connectivity index (χ1n) is 6.31. The van der Waals surface area contributed by atoms with E-state index in [1.165, 1.54) is 25.7 Å². The average Bonchev–Trinajstić information content (AvgIpc) is 2.21. The molecule has 0 aromatic heterocycles. The van der Waals surface area contributed by atoms with Crippen molar-refractivity contribution in [3.05, 3.63) is 0 Å². The Kier molecular flexibility index (Phi) is 8.44. The van der Waals surface area contributed by atoms with E-state index in [0.717, 1.165) is 6.42 Å². The molecule has 0 aromatic carbocycles. The van der Waals surface area contributed by atoms with Gasteiger partial charge in [-0.2, -0.15) is 0 Å². The molecule has 0 rings (SSSR count). The summed E-state index contributed by atoms with van der Waals surface area (Å²) >= 11 is 0. The molecule has 0 aliphatic heterocycles. The molecule has 0 radical (unpaired) electrons. The lowest BCUT2D eigenvalue weighted by atomic mass is 10.0. The summed E-state index contributed by atoms with van der Waals surface area (Å²) in [4.78, 5) is 11.2. The molecule has 0 amide bonds. The number of unbranched alkanes of at least 4 members (excludes halogenated alkanes) is 3. The smallest absolute Gasteiger partial charge is 0.305 e. The third kappa shape index (κ3) is 7.40. The van der Waals surface area contributed by atoms with Crippen molar-refractivity contribution in [2.45, 2.75) is 72.3 Å². The Morgan fingerprint density at radius 3 is 2.27 bits per heavy atom. The maximum atomic E-state index is 11.2. The van der Waals surface area contributed by atoms with Crippen LogP contribution in [-0.2, 0) is 9.53 Å². The minimum absolute atomic E-state index is 0.0656. The van der Waals surface area contributed by atoms with Crippen molar-refractivity contribution in [1.82, 2.24) is 0 Å². The largest absolute Gasteiger partial charge is 0.462 e. The number of carbonyl (C=O) groups excluding carboxylic acids is 1. The summed E-state index contributed by atoms with van der Waals surface area (Å²) in [5.41, 5.74) is 0. The van der Waals surface area contributed by atoms with Gasteiger partial charge in [0, 0.05) is 6.42 Å². The summed E-state index contributed by atoms with van der Waals surface area (Å²) < 4.78 is 5.40. The van der Waals surface area contributed by atoms with Crippen LogP contribution in [0.1, 0.15) is 66.2 Å². The Hall–Kier alpha value is -0.530. The number of carbonyl (C=O) groups is 1. The van der Waals surface area contributed by atoms with E-state index in [0.29, 0.717) is 12.3 Å². The maximum absolute atomic E-state index is 11.2. The van der Waals surface area contributed by atoms with Gasteiger partial charge >= 0.3 is 5.97 Å². The Labute approximate surface area is 94.4 Å². The highest BCUT2D eigenvalue weighted by Gasteiger charge is 2.16. The van der Waals surface area contributed by atoms with Crippen LogP contribution >= 0.6 is 0 Å². The van der Waals surface area contributed by atoms with Crippen LogP contribution in [0.25, 0.3) is 0 Å². The van der Waals surface area contributed by atoms with Crippen LogP contribution in [-0.4, -0.2) is 12.1 Å². The van der Waals surface area contributed by atoms with Crippen LogP contribution in [0.15, 0.2) is 0 Å². The van der Waals surface area contributed by atoms with Crippen molar-refractivity contribution < 1.29 is 9.53 Å². The molecule has 0 spiro atoms. The normalized spacial score (nSPS) is 12.9. The van der Waals surface area contributed by atoms with Gasteiger partial charge in [-0.3, -0.25) is 4.79 Å². The molecular weight excluding hydrogens is 188 g/mol. The summed E-state index contributed by atoms with van der Waals surface area (Å²) in [5, 5.41) is 0. The zero-order chi connectivity index (χ0) is 11.7. The van der Waals surface area contributed by atoms with Gasteiger partial charge in [-0.15, -0.1) is 0 Å². The zero-order valence-corrected chi connectivity index (χ0v) is 10.7. The molecule has 0 bridgehead atoms. The van der Waals surface area contributed by atoms with Crippen molar-refractivity contribution >= 4 is 5.97 Å². The number of hydrogen-bond donors (Lipinski definition) is 0. The van der Waals surface area contributed by atoms with Crippen LogP contribution in [0, 0.1) is 5.92 Å². The molecule has 1 unspecified atom stereocenters. The third-order valence-electron chi connectivity index (χ3n) is 2.66. The van der Waals surface area contributed by atoms with Gasteiger partial charge in [-0.05, 0) is 18.8 Å². The van der Waals surface area contributed by atoms with E-state index >= 15 is 0 Å². The Balaban J connectivity index is 3.78. The summed E-state index contributed by atoms with van der Waals surface area (Å²) in [7, 11) is 0.